The lowest BCUT2D eigenvalue weighted by atomic mass is 9.97. The fourth-order valence-corrected chi connectivity index (χ4v) is 3.66. The van der Waals surface area contributed by atoms with Crippen molar-refractivity contribution in [2.45, 2.75) is 46.1 Å². The van der Waals surface area contributed by atoms with Crippen LogP contribution in [0, 0.1) is 12.8 Å². The van der Waals surface area contributed by atoms with E-state index in [-0.39, 0.29) is 29.8 Å². The van der Waals surface area contributed by atoms with Gasteiger partial charge in [0.2, 0.25) is 11.8 Å². The minimum atomic E-state index is -0.220. The molecule has 1 aliphatic rings. The summed E-state index contributed by atoms with van der Waals surface area (Å²) in [6.07, 6.45) is 1.74. The summed E-state index contributed by atoms with van der Waals surface area (Å²) in [5.74, 6) is 0.525. The van der Waals surface area contributed by atoms with Gasteiger partial charge in [-0.3, -0.25) is 14.5 Å². The number of para-hydroxylation sites is 1. The first kappa shape index (κ1) is 21.0. The predicted molar refractivity (Wildman–Crippen MR) is 115 cm³/mol. The minimum absolute atomic E-state index is 0.0164. The van der Waals surface area contributed by atoms with Crippen LogP contribution in [-0.2, 0) is 15.1 Å². The lowest BCUT2D eigenvalue weighted by Gasteiger charge is -2.31. The Kier molecular flexibility index (Phi) is 6.37. The van der Waals surface area contributed by atoms with E-state index in [0.717, 1.165) is 30.8 Å². The monoisotopic (exact) mass is 397 g/mol. The molecule has 156 valence electrons. The molecule has 1 unspecified atom stereocenters. The third kappa shape index (κ3) is 5.67. The Bertz CT molecular complexity index is 854. The second-order valence-electron chi connectivity index (χ2n) is 8.73. The largest absolute Gasteiger partial charge is 0.326 e. The normalized spacial score (nSPS) is 17.7. The number of hydrogen-bond acceptors (Lipinski definition) is 4. The highest BCUT2D eigenvalue weighted by molar-refractivity contribution is 5.93. The summed E-state index contributed by atoms with van der Waals surface area (Å²) in [5.41, 5.74) is 1.45. The van der Waals surface area contributed by atoms with Crippen molar-refractivity contribution in [3.05, 3.63) is 42.1 Å². The maximum absolute atomic E-state index is 12.6. The number of carbonyl (C=O) groups is 2. The molecule has 1 fully saturated rings. The van der Waals surface area contributed by atoms with Gasteiger partial charge in [0, 0.05) is 18.3 Å². The van der Waals surface area contributed by atoms with Crippen molar-refractivity contribution in [1.29, 1.82) is 0 Å². The number of anilines is 2. The molecule has 0 aliphatic carbocycles. The highest BCUT2D eigenvalue weighted by atomic mass is 16.2. The summed E-state index contributed by atoms with van der Waals surface area (Å²) >= 11 is 0. The van der Waals surface area contributed by atoms with E-state index in [1.807, 2.05) is 48.0 Å². The molecule has 1 saturated heterocycles. The molecule has 1 aromatic heterocycles. The average molecular weight is 398 g/mol. The van der Waals surface area contributed by atoms with E-state index in [0.29, 0.717) is 12.4 Å². The van der Waals surface area contributed by atoms with Crippen molar-refractivity contribution in [2.24, 2.45) is 5.92 Å². The number of rotatable bonds is 5. The number of aryl methyl sites for hydroxylation is 1. The van der Waals surface area contributed by atoms with Gasteiger partial charge in [0.1, 0.15) is 5.82 Å². The first-order chi connectivity index (χ1) is 13.7. The first-order valence-electron chi connectivity index (χ1n) is 10.2. The van der Waals surface area contributed by atoms with Crippen LogP contribution in [0.5, 0.6) is 0 Å². The number of likely N-dealkylation sites (tertiary alicyclic amines) is 1. The van der Waals surface area contributed by atoms with E-state index in [2.05, 4.69) is 41.4 Å². The quantitative estimate of drug-likeness (QED) is 0.812. The molecule has 1 aromatic carbocycles. The van der Waals surface area contributed by atoms with Gasteiger partial charge in [-0.05, 0) is 59.2 Å². The van der Waals surface area contributed by atoms with Crippen LogP contribution in [0.4, 0.5) is 11.5 Å². The van der Waals surface area contributed by atoms with E-state index in [9.17, 15) is 9.59 Å². The van der Waals surface area contributed by atoms with Gasteiger partial charge in [-0.2, -0.15) is 5.10 Å². The van der Waals surface area contributed by atoms with Crippen molar-refractivity contribution in [3.8, 4) is 0 Å². The Morgan fingerprint density at radius 2 is 1.90 bits per heavy atom. The van der Waals surface area contributed by atoms with Gasteiger partial charge in [-0.15, -0.1) is 0 Å². The molecular formula is C22H31N5O2. The van der Waals surface area contributed by atoms with E-state index in [4.69, 9.17) is 0 Å². The molecule has 0 bridgehead atoms. The molecule has 2 aromatic rings. The van der Waals surface area contributed by atoms with Crippen LogP contribution in [-0.4, -0.2) is 46.1 Å². The van der Waals surface area contributed by atoms with Crippen molar-refractivity contribution in [2.75, 3.05) is 30.3 Å². The molecular weight excluding hydrogens is 366 g/mol. The van der Waals surface area contributed by atoms with Crippen molar-refractivity contribution in [1.82, 2.24) is 14.7 Å². The van der Waals surface area contributed by atoms with Crippen LogP contribution in [0.1, 0.15) is 39.3 Å². The molecule has 0 saturated carbocycles. The van der Waals surface area contributed by atoms with E-state index in [1.165, 1.54) is 0 Å². The Hall–Kier alpha value is -2.67. The summed E-state index contributed by atoms with van der Waals surface area (Å²) in [5, 5.41) is 10.5. The van der Waals surface area contributed by atoms with E-state index >= 15 is 0 Å². The maximum Gasteiger partial charge on any atom is 0.239 e. The molecule has 1 aliphatic heterocycles. The molecule has 2 N–H and O–H groups in total. The summed E-state index contributed by atoms with van der Waals surface area (Å²) in [7, 11) is 0. The first-order valence-corrected chi connectivity index (χ1v) is 10.2. The molecule has 29 heavy (non-hydrogen) atoms. The van der Waals surface area contributed by atoms with Gasteiger partial charge < -0.3 is 10.6 Å². The van der Waals surface area contributed by atoms with Crippen LogP contribution < -0.4 is 10.6 Å². The molecule has 0 spiro atoms. The zero-order valence-electron chi connectivity index (χ0n) is 17.7. The fraction of sp³-hybridized carbons (Fsp3) is 0.500. The Morgan fingerprint density at radius 1 is 1.17 bits per heavy atom. The number of hydrogen-bond donors (Lipinski definition) is 2. The van der Waals surface area contributed by atoms with Crippen LogP contribution in [0.2, 0.25) is 0 Å². The number of nitrogens with zero attached hydrogens (tertiary/aromatic N) is 3. The van der Waals surface area contributed by atoms with Crippen LogP contribution in [0.25, 0.3) is 0 Å². The second-order valence-corrected chi connectivity index (χ2v) is 8.73. The molecule has 3 rings (SSSR count). The minimum Gasteiger partial charge on any atom is -0.326 e. The lowest BCUT2D eigenvalue weighted by molar-refractivity contribution is -0.123. The van der Waals surface area contributed by atoms with Gasteiger partial charge in [-0.1, -0.05) is 18.2 Å². The number of piperidine rings is 1. The molecule has 7 nitrogen and oxygen atoms in total. The summed E-state index contributed by atoms with van der Waals surface area (Å²) in [6.45, 7) is 9.74. The molecule has 2 heterocycles. The van der Waals surface area contributed by atoms with Gasteiger partial charge in [-0.25, -0.2) is 4.68 Å². The zero-order chi connectivity index (χ0) is 21.0. The number of benzene rings is 1. The SMILES string of the molecule is Cc1cc(NC(=O)CN2CCCC(C(=O)Nc3ccccc3)C2)n(C(C)(C)C)n1. The van der Waals surface area contributed by atoms with Gasteiger partial charge >= 0.3 is 0 Å². The van der Waals surface area contributed by atoms with Crippen molar-refractivity contribution < 1.29 is 9.59 Å². The van der Waals surface area contributed by atoms with Crippen molar-refractivity contribution in [3.63, 3.8) is 0 Å². The molecule has 7 heteroatoms. The predicted octanol–water partition coefficient (Wildman–Crippen LogP) is 3.24. The van der Waals surface area contributed by atoms with Crippen molar-refractivity contribution >= 4 is 23.3 Å². The van der Waals surface area contributed by atoms with Crippen LogP contribution in [0.15, 0.2) is 36.4 Å². The average Bonchev–Trinajstić information content (AvgIpc) is 3.03. The summed E-state index contributed by atoms with van der Waals surface area (Å²) in [4.78, 5) is 27.3. The second kappa shape index (κ2) is 8.78. The number of amides is 2. The third-order valence-electron chi connectivity index (χ3n) is 5.02. The molecule has 2 amide bonds. The van der Waals surface area contributed by atoms with Crippen LogP contribution in [0.3, 0.4) is 0 Å². The third-order valence-corrected chi connectivity index (χ3v) is 5.02. The Morgan fingerprint density at radius 3 is 2.59 bits per heavy atom. The zero-order valence-corrected chi connectivity index (χ0v) is 17.7. The topological polar surface area (TPSA) is 79.3 Å². The number of nitrogens with one attached hydrogen (secondary N) is 2. The lowest BCUT2D eigenvalue weighted by Crippen LogP contribution is -2.44. The van der Waals surface area contributed by atoms with Gasteiger partial charge in [0.25, 0.3) is 0 Å². The highest BCUT2D eigenvalue weighted by Gasteiger charge is 2.27. The standard InChI is InChI=1S/C22H31N5O2/c1-16-13-19(27(25-16)22(2,3)4)24-20(28)15-26-12-8-9-17(14-26)21(29)23-18-10-6-5-7-11-18/h5-7,10-11,13,17H,8-9,12,14-15H2,1-4H3,(H,23,29)(H,24,28). The Balaban J connectivity index is 1.56. The summed E-state index contributed by atoms with van der Waals surface area (Å²) in [6, 6.07) is 11.4. The van der Waals surface area contributed by atoms with Gasteiger partial charge in [0.05, 0.1) is 23.7 Å². The van der Waals surface area contributed by atoms with E-state index < -0.39 is 0 Å². The highest BCUT2D eigenvalue weighted by Crippen LogP contribution is 2.22. The number of aromatic nitrogens is 2. The number of carbonyl (C=O) groups excluding carboxylic acids is 2. The van der Waals surface area contributed by atoms with Gasteiger partial charge in [0.15, 0.2) is 0 Å². The maximum atomic E-state index is 12.6. The van der Waals surface area contributed by atoms with Crippen LogP contribution >= 0.6 is 0 Å². The van der Waals surface area contributed by atoms with E-state index in [1.54, 1.807) is 0 Å². The molecule has 0 radical (unpaired) electrons. The molecule has 1 atom stereocenters. The Labute approximate surface area is 172 Å². The fourth-order valence-electron chi connectivity index (χ4n) is 3.66. The smallest absolute Gasteiger partial charge is 0.239 e. The summed E-state index contributed by atoms with van der Waals surface area (Å²) < 4.78 is 1.84.